The predicted molar refractivity (Wildman–Crippen MR) is 82.2 cm³/mol. The van der Waals surface area contributed by atoms with Crippen LogP contribution in [-0.2, 0) is 13.1 Å². The van der Waals surface area contributed by atoms with Crippen LogP contribution in [0.4, 0.5) is 0 Å². The largest absolute Gasteiger partial charge is 0.497 e. The first-order valence-electron chi connectivity index (χ1n) is 6.71. The van der Waals surface area contributed by atoms with Crippen molar-refractivity contribution in [3.63, 3.8) is 0 Å². The Hall–Kier alpha value is -1.89. The van der Waals surface area contributed by atoms with Crippen LogP contribution >= 0.6 is 0 Å². The van der Waals surface area contributed by atoms with E-state index in [0.29, 0.717) is 17.8 Å². The first-order chi connectivity index (χ1) is 10.1. The molecule has 0 spiro atoms. The quantitative estimate of drug-likeness (QED) is 0.753. The highest BCUT2D eigenvalue weighted by atomic mass is 16.5. The normalized spacial score (nSPS) is 10.7. The van der Waals surface area contributed by atoms with Gasteiger partial charge in [-0.05, 0) is 30.8 Å². The van der Waals surface area contributed by atoms with Gasteiger partial charge in [-0.2, -0.15) is 0 Å². The Balaban J connectivity index is 2.07. The summed E-state index contributed by atoms with van der Waals surface area (Å²) in [5.74, 6) is 0.473. The maximum absolute atomic E-state index is 9.38. The number of hydrogen-bond acceptors (Lipinski definition) is 5. The molecule has 21 heavy (non-hydrogen) atoms. The SMILES string of the molecule is COc1ccc(CN(C)Cc2ccccn2)cc1B(O)O. The van der Waals surface area contributed by atoms with Crippen LogP contribution in [0.2, 0.25) is 0 Å². The zero-order chi connectivity index (χ0) is 15.2. The van der Waals surface area contributed by atoms with Crippen LogP contribution in [-0.4, -0.2) is 41.2 Å². The molecule has 0 bridgehead atoms. The van der Waals surface area contributed by atoms with E-state index in [2.05, 4.69) is 9.88 Å². The monoisotopic (exact) mass is 286 g/mol. The molecule has 0 saturated carbocycles. The summed E-state index contributed by atoms with van der Waals surface area (Å²) in [7, 11) is 1.96. The third-order valence-corrected chi connectivity index (χ3v) is 3.18. The number of benzene rings is 1. The molecule has 2 aromatic rings. The van der Waals surface area contributed by atoms with E-state index in [1.807, 2.05) is 31.3 Å². The van der Waals surface area contributed by atoms with Gasteiger partial charge in [0.2, 0.25) is 0 Å². The number of hydrogen-bond donors (Lipinski definition) is 2. The summed E-state index contributed by atoms with van der Waals surface area (Å²) in [6.07, 6.45) is 1.77. The van der Waals surface area contributed by atoms with E-state index in [-0.39, 0.29) is 0 Å². The summed E-state index contributed by atoms with van der Waals surface area (Å²) >= 11 is 0. The van der Waals surface area contributed by atoms with Crippen molar-refractivity contribution in [2.45, 2.75) is 13.1 Å². The number of methoxy groups -OCH3 is 1. The Morgan fingerprint density at radius 1 is 1.19 bits per heavy atom. The molecule has 0 amide bonds. The molecule has 2 rings (SSSR count). The maximum atomic E-state index is 9.38. The lowest BCUT2D eigenvalue weighted by atomic mass is 9.78. The predicted octanol–water partition coefficient (Wildman–Crippen LogP) is 0.402. The molecule has 0 radical (unpaired) electrons. The highest BCUT2D eigenvalue weighted by molar-refractivity contribution is 6.59. The van der Waals surface area contributed by atoms with Crippen molar-refractivity contribution in [3.05, 3.63) is 53.9 Å². The Labute approximate surface area is 125 Å². The number of aromatic nitrogens is 1. The van der Waals surface area contributed by atoms with E-state index in [4.69, 9.17) is 4.74 Å². The molecule has 0 atom stereocenters. The molecular weight excluding hydrogens is 267 g/mol. The van der Waals surface area contributed by atoms with Crippen molar-refractivity contribution < 1.29 is 14.8 Å². The molecule has 0 saturated heterocycles. The third kappa shape index (κ3) is 4.29. The average molecular weight is 286 g/mol. The molecule has 2 N–H and O–H groups in total. The fraction of sp³-hybridized carbons (Fsp3) is 0.267. The number of rotatable bonds is 6. The molecule has 0 aliphatic heterocycles. The average Bonchev–Trinajstić information content (AvgIpc) is 2.48. The van der Waals surface area contributed by atoms with Gasteiger partial charge in [-0.15, -0.1) is 0 Å². The van der Waals surface area contributed by atoms with Crippen molar-refractivity contribution in [1.82, 2.24) is 9.88 Å². The van der Waals surface area contributed by atoms with Crippen LogP contribution in [0.3, 0.4) is 0 Å². The molecule has 0 aliphatic rings. The van der Waals surface area contributed by atoms with E-state index in [1.165, 1.54) is 7.11 Å². The lowest BCUT2D eigenvalue weighted by Gasteiger charge is -2.17. The highest BCUT2D eigenvalue weighted by Crippen LogP contribution is 2.12. The summed E-state index contributed by atoms with van der Waals surface area (Å²) in [4.78, 5) is 6.40. The van der Waals surface area contributed by atoms with Gasteiger partial charge in [0.05, 0.1) is 12.8 Å². The standard InChI is InChI=1S/C15H19BN2O3/c1-18(11-13-5-3-4-8-17-13)10-12-6-7-15(21-2)14(9-12)16(19)20/h3-9,19-20H,10-11H2,1-2H3. The van der Waals surface area contributed by atoms with Gasteiger partial charge < -0.3 is 14.8 Å². The maximum Gasteiger partial charge on any atom is 0.492 e. The molecule has 0 aliphatic carbocycles. The molecule has 1 aromatic carbocycles. The molecule has 110 valence electrons. The van der Waals surface area contributed by atoms with Gasteiger partial charge in [0, 0.05) is 24.7 Å². The van der Waals surface area contributed by atoms with E-state index >= 15 is 0 Å². The minimum absolute atomic E-state index is 0.376. The van der Waals surface area contributed by atoms with Gasteiger partial charge in [-0.3, -0.25) is 9.88 Å². The van der Waals surface area contributed by atoms with E-state index < -0.39 is 7.12 Å². The number of pyridine rings is 1. The second-order valence-corrected chi connectivity index (χ2v) is 4.94. The lowest BCUT2D eigenvalue weighted by molar-refractivity contribution is 0.315. The highest BCUT2D eigenvalue weighted by Gasteiger charge is 2.17. The molecule has 1 heterocycles. The third-order valence-electron chi connectivity index (χ3n) is 3.18. The van der Waals surface area contributed by atoms with Crippen molar-refractivity contribution in [3.8, 4) is 5.75 Å². The van der Waals surface area contributed by atoms with Crippen molar-refractivity contribution >= 4 is 12.6 Å². The van der Waals surface area contributed by atoms with E-state index in [1.54, 1.807) is 18.3 Å². The first kappa shape index (κ1) is 15.5. The summed E-state index contributed by atoms with van der Waals surface area (Å²) in [5.41, 5.74) is 2.36. The topological polar surface area (TPSA) is 65.8 Å². The van der Waals surface area contributed by atoms with Gasteiger partial charge in [0.1, 0.15) is 5.75 Å². The summed E-state index contributed by atoms with van der Waals surface area (Å²) in [5, 5.41) is 18.8. The van der Waals surface area contributed by atoms with E-state index in [9.17, 15) is 10.0 Å². The van der Waals surface area contributed by atoms with Gasteiger partial charge in [-0.25, -0.2) is 0 Å². The van der Waals surface area contributed by atoms with Crippen LogP contribution in [0.1, 0.15) is 11.3 Å². The summed E-state index contributed by atoms with van der Waals surface area (Å²) < 4.78 is 5.12. The Bertz CT molecular complexity index is 578. The van der Waals surface area contributed by atoms with Gasteiger partial charge >= 0.3 is 7.12 Å². The molecule has 1 aromatic heterocycles. The van der Waals surface area contributed by atoms with Crippen molar-refractivity contribution in [1.29, 1.82) is 0 Å². The van der Waals surface area contributed by atoms with Gasteiger partial charge in [0.25, 0.3) is 0 Å². The Kier molecular flexibility index (Phi) is 5.33. The van der Waals surface area contributed by atoms with Crippen LogP contribution in [0.5, 0.6) is 5.75 Å². The second kappa shape index (κ2) is 7.22. The Morgan fingerprint density at radius 2 is 2.00 bits per heavy atom. The smallest absolute Gasteiger partial charge is 0.492 e. The van der Waals surface area contributed by atoms with Crippen LogP contribution in [0.15, 0.2) is 42.6 Å². The fourth-order valence-corrected chi connectivity index (χ4v) is 2.22. The molecule has 6 heteroatoms. The molecule has 5 nitrogen and oxygen atoms in total. The van der Waals surface area contributed by atoms with Crippen LogP contribution in [0.25, 0.3) is 0 Å². The van der Waals surface area contributed by atoms with Crippen molar-refractivity contribution in [2.75, 3.05) is 14.2 Å². The van der Waals surface area contributed by atoms with Gasteiger partial charge in [0.15, 0.2) is 0 Å². The van der Waals surface area contributed by atoms with Gasteiger partial charge in [-0.1, -0.05) is 18.2 Å². The fourth-order valence-electron chi connectivity index (χ4n) is 2.22. The van der Waals surface area contributed by atoms with Crippen molar-refractivity contribution in [2.24, 2.45) is 0 Å². The zero-order valence-electron chi connectivity index (χ0n) is 12.2. The minimum Gasteiger partial charge on any atom is -0.497 e. The lowest BCUT2D eigenvalue weighted by Crippen LogP contribution is -2.32. The Morgan fingerprint density at radius 3 is 2.62 bits per heavy atom. The van der Waals surface area contributed by atoms with E-state index in [0.717, 1.165) is 17.8 Å². The number of nitrogens with zero attached hydrogens (tertiary/aromatic N) is 2. The van der Waals surface area contributed by atoms with Crippen LogP contribution in [0, 0.1) is 0 Å². The molecular formula is C15H19BN2O3. The summed E-state index contributed by atoms with van der Waals surface area (Å²) in [6, 6.07) is 11.2. The molecule has 0 unspecified atom stereocenters. The zero-order valence-corrected chi connectivity index (χ0v) is 12.2. The first-order valence-corrected chi connectivity index (χ1v) is 6.71. The summed E-state index contributed by atoms with van der Waals surface area (Å²) in [6.45, 7) is 1.41. The van der Waals surface area contributed by atoms with Crippen LogP contribution < -0.4 is 10.2 Å². The minimum atomic E-state index is -1.54. The second-order valence-electron chi connectivity index (χ2n) is 4.94. The molecule has 0 fully saturated rings. The number of ether oxygens (including phenoxy) is 1.